The van der Waals surface area contributed by atoms with Gasteiger partial charge in [-0.1, -0.05) is 6.92 Å². The van der Waals surface area contributed by atoms with Gasteiger partial charge in [-0.05, 0) is 57.7 Å². The van der Waals surface area contributed by atoms with Crippen molar-refractivity contribution in [2.24, 2.45) is 11.8 Å². The van der Waals surface area contributed by atoms with Gasteiger partial charge in [0.25, 0.3) is 0 Å². The molecule has 2 aliphatic heterocycles. The Bertz CT molecular complexity index is 618. The maximum absolute atomic E-state index is 12.2. The summed E-state index contributed by atoms with van der Waals surface area (Å²) in [6, 6.07) is 9.10. The van der Waals surface area contributed by atoms with Crippen molar-refractivity contribution in [3.63, 3.8) is 0 Å². The highest BCUT2D eigenvalue weighted by molar-refractivity contribution is 5.74. The third kappa shape index (κ3) is 5.10. The monoisotopic (exact) mass is 387 g/mol. The van der Waals surface area contributed by atoms with E-state index in [9.17, 15) is 4.79 Å². The van der Waals surface area contributed by atoms with Gasteiger partial charge >= 0.3 is 6.03 Å². The molecule has 0 radical (unpaired) electrons. The molecular formula is C22H37N5O. The summed E-state index contributed by atoms with van der Waals surface area (Å²) in [6.45, 7) is 8.94. The van der Waals surface area contributed by atoms with Gasteiger partial charge < -0.3 is 24.9 Å². The third-order valence-electron chi connectivity index (χ3n) is 6.05. The molecule has 2 amide bonds. The van der Waals surface area contributed by atoms with Gasteiger partial charge in [0, 0.05) is 69.5 Å². The Morgan fingerprint density at radius 1 is 1.04 bits per heavy atom. The van der Waals surface area contributed by atoms with Crippen LogP contribution < -0.4 is 15.1 Å². The van der Waals surface area contributed by atoms with Crippen LogP contribution >= 0.6 is 0 Å². The van der Waals surface area contributed by atoms with Gasteiger partial charge in [0.15, 0.2) is 0 Å². The number of likely N-dealkylation sites (tertiary alicyclic amines) is 1. The molecule has 1 aromatic carbocycles. The predicted molar refractivity (Wildman–Crippen MR) is 117 cm³/mol. The van der Waals surface area contributed by atoms with Crippen molar-refractivity contribution in [2.45, 2.75) is 19.8 Å². The number of hydrogen-bond donors (Lipinski definition) is 1. The van der Waals surface area contributed by atoms with Crippen molar-refractivity contribution < 1.29 is 4.79 Å². The molecule has 2 saturated heterocycles. The van der Waals surface area contributed by atoms with Gasteiger partial charge in [-0.25, -0.2) is 4.79 Å². The summed E-state index contributed by atoms with van der Waals surface area (Å²) in [4.78, 5) is 21.3. The van der Waals surface area contributed by atoms with Crippen LogP contribution in [0, 0.1) is 11.8 Å². The van der Waals surface area contributed by atoms with Gasteiger partial charge in [-0.3, -0.25) is 0 Å². The summed E-state index contributed by atoms with van der Waals surface area (Å²) in [5.41, 5.74) is 2.59. The maximum atomic E-state index is 12.2. The topological polar surface area (TPSA) is 42.1 Å². The number of nitrogens with one attached hydrogen (secondary N) is 1. The Morgan fingerprint density at radius 2 is 1.68 bits per heavy atom. The van der Waals surface area contributed by atoms with E-state index in [2.05, 4.69) is 72.3 Å². The SMILES string of the molecule is CCCNC(=O)N1C[C@@H]2CN(c3ccc(N(C)CCCN(C)C)cc3)C[C@@H]2C1. The maximum Gasteiger partial charge on any atom is 0.317 e. The van der Waals surface area contributed by atoms with Crippen LogP contribution in [0.25, 0.3) is 0 Å². The summed E-state index contributed by atoms with van der Waals surface area (Å²) in [5.74, 6) is 1.20. The molecule has 0 spiro atoms. The van der Waals surface area contributed by atoms with Crippen LogP contribution in [-0.2, 0) is 0 Å². The first-order chi connectivity index (χ1) is 13.5. The van der Waals surface area contributed by atoms with Gasteiger partial charge in [0.2, 0.25) is 0 Å². The number of nitrogens with zero attached hydrogens (tertiary/aromatic N) is 4. The number of carbonyl (C=O) groups is 1. The average Bonchev–Trinajstić information content (AvgIpc) is 3.25. The van der Waals surface area contributed by atoms with Crippen molar-refractivity contribution >= 4 is 17.4 Å². The molecular weight excluding hydrogens is 350 g/mol. The molecule has 0 saturated carbocycles. The molecule has 6 heteroatoms. The zero-order valence-electron chi connectivity index (χ0n) is 18.0. The minimum atomic E-state index is 0.115. The number of hydrogen-bond acceptors (Lipinski definition) is 4. The lowest BCUT2D eigenvalue weighted by molar-refractivity contribution is 0.206. The second-order valence-electron chi connectivity index (χ2n) is 8.66. The first-order valence-corrected chi connectivity index (χ1v) is 10.7. The molecule has 0 bridgehead atoms. The summed E-state index contributed by atoms with van der Waals surface area (Å²) in [5, 5.41) is 3.01. The number of rotatable bonds is 8. The van der Waals surface area contributed by atoms with E-state index < -0.39 is 0 Å². The van der Waals surface area contributed by atoms with Crippen LogP contribution in [0.3, 0.4) is 0 Å². The first-order valence-electron chi connectivity index (χ1n) is 10.7. The Hall–Kier alpha value is -1.95. The molecule has 156 valence electrons. The van der Waals surface area contributed by atoms with Crippen LogP contribution in [0.15, 0.2) is 24.3 Å². The molecule has 0 aliphatic carbocycles. The summed E-state index contributed by atoms with van der Waals surface area (Å²) in [6.07, 6.45) is 2.16. The molecule has 3 rings (SSSR count). The number of carbonyl (C=O) groups excluding carboxylic acids is 1. The highest BCUT2D eigenvalue weighted by atomic mass is 16.2. The molecule has 2 aliphatic rings. The van der Waals surface area contributed by atoms with Crippen LogP contribution in [-0.4, -0.2) is 82.8 Å². The minimum Gasteiger partial charge on any atom is -0.375 e. The molecule has 2 fully saturated rings. The zero-order valence-corrected chi connectivity index (χ0v) is 18.0. The zero-order chi connectivity index (χ0) is 20.1. The van der Waals surface area contributed by atoms with E-state index in [0.717, 1.165) is 52.2 Å². The minimum absolute atomic E-state index is 0.115. The molecule has 28 heavy (non-hydrogen) atoms. The van der Waals surface area contributed by atoms with Crippen molar-refractivity contribution in [1.29, 1.82) is 0 Å². The Labute approximate surface area is 170 Å². The van der Waals surface area contributed by atoms with Crippen molar-refractivity contribution in [2.75, 3.05) is 76.8 Å². The smallest absolute Gasteiger partial charge is 0.317 e. The largest absolute Gasteiger partial charge is 0.375 e. The van der Waals surface area contributed by atoms with E-state index >= 15 is 0 Å². The average molecular weight is 388 g/mol. The first kappa shape index (κ1) is 20.8. The van der Waals surface area contributed by atoms with E-state index in [1.807, 2.05) is 4.90 Å². The summed E-state index contributed by atoms with van der Waals surface area (Å²) in [7, 11) is 6.41. The van der Waals surface area contributed by atoms with E-state index in [1.54, 1.807) is 0 Å². The second-order valence-corrected chi connectivity index (χ2v) is 8.66. The summed E-state index contributed by atoms with van der Waals surface area (Å²) < 4.78 is 0. The van der Waals surface area contributed by atoms with Crippen LogP contribution in [0.5, 0.6) is 0 Å². The molecule has 1 aromatic rings. The predicted octanol–water partition coefficient (Wildman–Crippen LogP) is 2.56. The van der Waals surface area contributed by atoms with Crippen LogP contribution in [0.4, 0.5) is 16.2 Å². The number of amides is 2. The quantitative estimate of drug-likeness (QED) is 0.744. The standard InChI is InChI=1S/C22H37N5O/c1-5-11-23-22(28)27-16-18-14-26(15-19(18)17-27)21-9-7-20(8-10-21)25(4)13-6-12-24(2)3/h7-10,18-19H,5-6,11-17H2,1-4H3,(H,23,28)/t18-,19+. The van der Waals surface area contributed by atoms with Crippen LogP contribution in [0.2, 0.25) is 0 Å². The van der Waals surface area contributed by atoms with E-state index in [-0.39, 0.29) is 6.03 Å². The normalized spacial score (nSPS) is 21.3. The van der Waals surface area contributed by atoms with Crippen molar-refractivity contribution in [1.82, 2.24) is 15.1 Å². The molecule has 6 nitrogen and oxygen atoms in total. The molecule has 1 N–H and O–H groups in total. The number of benzene rings is 1. The van der Waals surface area contributed by atoms with Crippen molar-refractivity contribution in [3.8, 4) is 0 Å². The number of urea groups is 1. The fraction of sp³-hybridized carbons (Fsp3) is 0.682. The summed E-state index contributed by atoms with van der Waals surface area (Å²) >= 11 is 0. The Kier molecular flexibility index (Phi) is 7.05. The number of fused-ring (bicyclic) bond motifs is 1. The van der Waals surface area contributed by atoms with Crippen LogP contribution in [0.1, 0.15) is 19.8 Å². The highest BCUT2D eigenvalue weighted by Gasteiger charge is 2.41. The van der Waals surface area contributed by atoms with Gasteiger partial charge in [-0.2, -0.15) is 0 Å². The fourth-order valence-electron chi connectivity index (χ4n) is 4.38. The molecule has 0 unspecified atom stereocenters. The molecule has 0 aromatic heterocycles. The number of anilines is 2. The Morgan fingerprint density at radius 3 is 2.25 bits per heavy atom. The Balaban J connectivity index is 1.48. The highest BCUT2D eigenvalue weighted by Crippen LogP contribution is 2.34. The van der Waals surface area contributed by atoms with E-state index in [4.69, 9.17) is 0 Å². The molecule has 2 atom stereocenters. The molecule has 2 heterocycles. The van der Waals surface area contributed by atoms with Gasteiger partial charge in [0.05, 0.1) is 0 Å². The van der Waals surface area contributed by atoms with Crippen molar-refractivity contribution in [3.05, 3.63) is 24.3 Å². The lowest BCUT2D eigenvalue weighted by Crippen LogP contribution is -2.40. The van der Waals surface area contributed by atoms with Gasteiger partial charge in [-0.15, -0.1) is 0 Å². The fourth-order valence-corrected chi connectivity index (χ4v) is 4.38. The lowest BCUT2D eigenvalue weighted by atomic mass is 10.0. The lowest BCUT2D eigenvalue weighted by Gasteiger charge is -2.25. The third-order valence-corrected chi connectivity index (χ3v) is 6.05. The second kappa shape index (κ2) is 9.50. The van der Waals surface area contributed by atoms with E-state index in [1.165, 1.54) is 17.8 Å². The van der Waals surface area contributed by atoms with Gasteiger partial charge in [0.1, 0.15) is 0 Å². The van der Waals surface area contributed by atoms with E-state index in [0.29, 0.717) is 11.8 Å².